The zero-order valence-corrected chi connectivity index (χ0v) is 11.5. The van der Waals surface area contributed by atoms with Crippen molar-refractivity contribution in [2.75, 3.05) is 13.7 Å². The number of nitrogens with one attached hydrogen (secondary N) is 1. The summed E-state index contributed by atoms with van der Waals surface area (Å²) in [7, 11) is 1.95. The Morgan fingerprint density at radius 1 is 1.21 bits per heavy atom. The number of aromatic nitrogens is 1. The van der Waals surface area contributed by atoms with Gasteiger partial charge in [-0.2, -0.15) is 0 Å². The molecule has 0 amide bonds. The van der Waals surface area contributed by atoms with E-state index in [9.17, 15) is 0 Å². The van der Waals surface area contributed by atoms with Crippen molar-refractivity contribution in [1.82, 2.24) is 10.3 Å². The van der Waals surface area contributed by atoms with E-state index in [-0.39, 0.29) is 6.04 Å². The summed E-state index contributed by atoms with van der Waals surface area (Å²) in [5.74, 6) is 0.938. The van der Waals surface area contributed by atoms with E-state index in [2.05, 4.69) is 29.4 Å². The van der Waals surface area contributed by atoms with E-state index in [1.165, 1.54) is 0 Å². The average molecular weight is 256 g/mol. The molecule has 0 spiro atoms. The smallest absolute Gasteiger partial charge is 0.124 e. The standard InChI is InChI=1S/C16H20N2O/c1-3-11-19-15-9-5-4-8-14(15)16(17-2)13-7-6-10-18-12-13/h4-10,12,16-17H,3,11H2,1-2H3. The van der Waals surface area contributed by atoms with Crippen molar-refractivity contribution in [3.63, 3.8) is 0 Å². The van der Waals surface area contributed by atoms with Crippen LogP contribution in [0.3, 0.4) is 0 Å². The van der Waals surface area contributed by atoms with E-state index in [1.807, 2.05) is 37.5 Å². The van der Waals surface area contributed by atoms with E-state index >= 15 is 0 Å². The summed E-state index contributed by atoms with van der Waals surface area (Å²) in [4.78, 5) is 4.19. The zero-order valence-electron chi connectivity index (χ0n) is 11.5. The lowest BCUT2D eigenvalue weighted by Crippen LogP contribution is -2.18. The predicted molar refractivity (Wildman–Crippen MR) is 77.4 cm³/mol. The Kier molecular flexibility index (Phi) is 4.93. The van der Waals surface area contributed by atoms with Gasteiger partial charge in [-0.3, -0.25) is 4.98 Å². The third-order valence-corrected chi connectivity index (χ3v) is 3.00. The fraction of sp³-hybridized carbons (Fsp3) is 0.312. The number of benzene rings is 1. The van der Waals surface area contributed by atoms with Crippen LogP contribution in [0.15, 0.2) is 48.8 Å². The SMILES string of the molecule is CCCOc1ccccc1C(NC)c1cccnc1. The minimum absolute atomic E-state index is 0.0988. The molecule has 1 atom stereocenters. The van der Waals surface area contributed by atoms with Crippen molar-refractivity contribution in [3.8, 4) is 5.75 Å². The molecule has 1 aromatic heterocycles. The zero-order chi connectivity index (χ0) is 13.5. The van der Waals surface area contributed by atoms with Gasteiger partial charge in [0, 0.05) is 18.0 Å². The van der Waals surface area contributed by atoms with Crippen LogP contribution >= 0.6 is 0 Å². The van der Waals surface area contributed by atoms with Gasteiger partial charge in [-0.15, -0.1) is 0 Å². The van der Waals surface area contributed by atoms with E-state index in [0.717, 1.165) is 29.9 Å². The maximum Gasteiger partial charge on any atom is 0.124 e. The molecule has 1 unspecified atom stereocenters. The highest BCUT2D eigenvalue weighted by molar-refractivity contribution is 5.40. The molecule has 3 heteroatoms. The average Bonchev–Trinajstić information content (AvgIpc) is 2.48. The maximum atomic E-state index is 5.83. The maximum absolute atomic E-state index is 5.83. The van der Waals surface area contributed by atoms with Gasteiger partial charge in [0.1, 0.15) is 5.75 Å². The number of hydrogen-bond acceptors (Lipinski definition) is 3. The van der Waals surface area contributed by atoms with Crippen LogP contribution in [0.25, 0.3) is 0 Å². The molecule has 2 aromatic rings. The largest absolute Gasteiger partial charge is 0.493 e. The highest BCUT2D eigenvalue weighted by atomic mass is 16.5. The first-order chi connectivity index (χ1) is 9.36. The number of para-hydroxylation sites is 1. The van der Waals surface area contributed by atoms with E-state index in [4.69, 9.17) is 4.74 Å². The highest BCUT2D eigenvalue weighted by Gasteiger charge is 2.16. The molecule has 19 heavy (non-hydrogen) atoms. The molecular formula is C16H20N2O. The third-order valence-electron chi connectivity index (χ3n) is 3.00. The molecule has 0 fully saturated rings. The second-order valence-electron chi connectivity index (χ2n) is 4.39. The Balaban J connectivity index is 2.33. The topological polar surface area (TPSA) is 34.1 Å². The number of ether oxygens (including phenoxy) is 1. The van der Waals surface area contributed by atoms with Crippen LogP contribution in [-0.2, 0) is 0 Å². The molecule has 1 aromatic carbocycles. The number of rotatable bonds is 6. The molecule has 1 heterocycles. The van der Waals surface area contributed by atoms with Crippen LogP contribution < -0.4 is 10.1 Å². The van der Waals surface area contributed by atoms with Crippen molar-refractivity contribution in [2.24, 2.45) is 0 Å². The van der Waals surface area contributed by atoms with Gasteiger partial charge in [0.2, 0.25) is 0 Å². The number of hydrogen-bond donors (Lipinski definition) is 1. The first-order valence-electron chi connectivity index (χ1n) is 6.65. The molecule has 0 aliphatic heterocycles. The summed E-state index contributed by atoms with van der Waals surface area (Å²) in [6, 6.07) is 12.3. The van der Waals surface area contributed by atoms with Crippen LogP contribution in [-0.4, -0.2) is 18.6 Å². The Morgan fingerprint density at radius 3 is 2.74 bits per heavy atom. The molecular weight excluding hydrogens is 236 g/mol. The number of nitrogens with zero attached hydrogens (tertiary/aromatic N) is 1. The molecule has 2 rings (SSSR count). The Morgan fingerprint density at radius 2 is 2.05 bits per heavy atom. The summed E-state index contributed by atoms with van der Waals surface area (Å²) in [6.07, 6.45) is 4.68. The Hall–Kier alpha value is -1.87. The molecule has 0 aliphatic rings. The van der Waals surface area contributed by atoms with Crippen LogP contribution in [0.5, 0.6) is 5.75 Å². The first kappa shape index (κ1) is 13.6. The van der Waals surface area contributed by atoms with Gasteiger partial charge in [-0.05, 0) is 31.2 Å². The van der Waals surface area contributed by atoms with Crippen LogP contribution in [0.1, 0.15) is 30.5 Å². The Bertz CT molecular complexity index is 499. The summed E-state index contributed by atoms with van der Waals surface area (Å²) >= 11 is 0. The van der Waals surface area contributed by atoms with Crippen molar-refractivity contribution in [1.29, 1.82) is 0 Å². The summed E-state index contributed by atoms with van der Waals surface area (Å²) in [5.41, 5.74) is 2.28. The van der Waals surface area contributed by atoms with Gasteiger partial charge in [-0.25, -0.2) is 0 Å². The normalized spacial score (nSPS) is 12.1. The van der Waals surface area contributed by atoms with Crippen molar-refractivity contribution < 1.29 is 4.74 Å². The van der Waals surface area contributed by atoms with Gasteiger partial charge >= 0.3 is 0 Å². The summed E-state index contributed by atoms with van der Waals surface area (Å²) < 4.78 is 5.83. The fourth-order valence-corrected chi connectivity index (χ4v) is 2.11. The fourth-order valence-electron chi connectivity index (χ4n) is 2.11. The molecule has 1 N–H and O–H groups in total. The lowest BCUT2D eigenvalue weighted by Gasteiger charge is -2.20. The molecule has 0 saturated heterocycles. The second-order valence-corrected chi connectivity index (χ2v) is 4.39. The van der Waals surface area contributed by atoms with Gasteiger partial charge in [0.25, 0.3) is 0 Å². The van der Waals surface area contributed by atoms with Crippen molar-refractivity contribution >= 4 is 0 Å². The van der Waals surface area contributed by atoms with Crippen molar-refractivity contribution in [3.05, 3.63) is 59.9 Å². The monoisotopic (exact) mass is 256 g/mol. The minimum Gasteiger partial charge on any atom is -0.493 e. The number of pyridine rings is 1. The first-order valence-corrected chi connectivity index (χ1v) is 6.65. The van der Waals surface area contributed by atoms with Gasteiger partial charge < -0.3 is 10.1 Å². The lowest BCUT2D eigenvalue weighted by atomic mass is 9.99. The second kappa shape index (κ2) is 6.90. The molecule has 3 nitrogen and oxygen atoms in total. The van der Waals surface area contributed by atoms with E-state index in [0.29, 0.717) is 0 Å². The van der Waals surface area contributed by atoms with Crippen LogP contribution in [0.4, 0.5) is 0 Å². The predicted octanol–water partition coefficient (Wildman–Crippen LogP) is 3.18. The van der Waals surface area contributed by atoms with Gasteiger partial charge in [-0.1, -0.05) is 31.2 Å². The van der Waals surface area contributed by atoms with Crippen molar-refractivity contribution in [2.45, 2.75) is 19.4 Å². The van der Waals surface area contributed by atoms with E-state index < -0.39 is 0 Å². The summed E-state index contributed by atoms with van der Waals surface area (Å²) in [6.45, 7) is 2.85. The quantitative estimate of drug-likeness (QED) is 0.862. The third kappa shape index (κ3) is 3.32. The molecule has 0 bridgehead atoms. The molecule has 0 radical (unpaired) electrons. The van der Waals surface area contributed by atoms with E-state index in [1.54, 1.807) is 6.20 Å². The Labute approximate surface area is 114 Å². The van der Waals surface area contributed by atoms with Crippen LogP contribution in [0, 0.1) is 0 Å². The highest BCUT2D eigenvalue weighted by Crippen LogP contribution is 2.29. The molecule has 0 aliphatic carbocycles. The van der Waals surface area contributed by atoms with Gasteiger partial charge in [0.05, 0.1) is 12.6 Å². The molecule has 100 valence electrons. The lowest BCUT2D eigenvalue weighted by molar-refractivity contribution is 0.312. The van der Waals surface area contributed by atoms with Gasteiger partial charge in [0.15, 0.2) is 0 Å². The van der Waals surface area contributed by atoms with Crippen LogP contribution in [0.2, 0.25) is 0 Å². The molecule has 0 saturated carbocycles. The minimum atomic E-state index is 0.0988. The summed E-state index contributed by atoms with van der Waals surface area (Å²) in [5, 5.41) is 3.33.